The van der Waals surface area contributed by atoms with E-state index < -0.39 is 0 Å². The van der Waals surface area contributed by atoms with Gasteiger partial charge in [-0.1, -0.05) is 0 Å². The SMILES string of the molecule is CC(C)N1CCC(=O)CC1. The first-order valence-corrected chi connectivity index (χ1v) is 3.96. The van der Waals surface area contributed by atoms with E-state index in [-0.39, 0.29) is 0 Å². The summed E-state index contributed by atoms with van der Waals surface area (Å²) in [5.41, 5.74) is 0. The van der Waals surface area contributed by atoms with Gasteiger partial charge in [0.25, 0.3) is 0 Å². The van der Waals surface area contributed by atoms with Gasteiger partial charge in [0.1, 0.15) is 5.78 Å². The second-order valence-electron chi connectivity index (χ2n) is 3.17. The Morgan fingerprint density at radius 3 is 2.20 bits per heavy atom. The first-order chi connectivity index (χ1) is 4.70. The average Bonchev–Trinajstić information content (AvgIpc) is 1.88. The summed E-state index contributed by atoms with van der Waals surface area (Å²) >= 11 is 0. The Balaban J connectivity index is 2.33. The van der Waals surface area contributed by atoms with Crippen molar-refractivity contribution in [1.29, 1.82) is 0 Å². The lowest BCUT2D eigenvalue weighted by atomic mass is 10.1. The van der Waals surface area contributed by atoms with E-state index in [1.54, 1.807) is 0 Å². The van der Waals surface area contributed by atoms with E-state index in [9.17, 15) is 4.79 Å². The second kappa shape index (κ2) is 3.15. The molecule has 0 radical (unpaired) electrons. The van der Waals surface area contributed by atoms with Gasteiger partial charge in [0.15, 0.2) is 0 Å². The number of carbonyl (C=O) groups excluding carboxylic acids is 1. The lowest BCUT2D eigenvalue weighted by molar-refractivity contribution is -0.121. The number of hydrogen-bond donors (Lipinski definition) is 0. The van der Waals surface area contributed by atoms with Crippen molar-refractivity contribution in [2.75, 3.05) is 13.1 Å². The molecule has 1 saturated heterocycles. The highest BCUT2D eigenvalue weighted by molar-refractivity contribution is 5.79. The van der Waals surface area contributed by atoms with Gasteiger partial charge in [-0.3, -0.25) is 4.79 Å². The molecule has 1 aliphatic heterocycles. The monoisotopic (exact) mass is 141 g/mol. The summed E-state index contributed by atoms with van der Waals surface area (Å²) in [5, 5.41) is 0. The molecule has 0 atom stereocenters. The molecule has 0 aliphatic carbocycles. The highest BCUT2D eigenvalue weighted by Gasteiger charge is 2.17. The van der Waals surface area contributed by atoms with Crippen LogP contribution >= 0.6 is 0 Å². The molecule has 10 heavy (non-hydrogen) atoms. The predicted molar refractivity (Wildman–Crippen MR) is 41.0 cm³/mol. The van der Waals surface area contributed by atoms with Crippen molar-refractivity contribution in [1.82, 2.24) is 4.90 Å². The van der Waals surface area contributed by atoms with Gasteiger partial charge in [-0.25, -0.2) is 0 Å². The molecule has 0 bridgehead atoms. The zero-order chi connectivity index (χ0) is 7.56. The average molecular weight is 141 g/mol. The predicted octanol–water partition coefficient (Wildman–Crippen LogP) is 1.06. The van der Waals surface area contributed by atoms with Crippen molar-refractivity contribution >= 4 is 5.78 Å². The molecule has 0 aromatic carbocycles. The maximum Gasteiger partial charge on any atom is 0.135 e. The number of hydrogen-bond acceptors (Lipinski definition) is 2. The first-order valence-electron chi connectivity index (χ1n) is 3.96. The summed E-state index contributed by atoms with van der Waals surface area (Å²) in [7, 11) is 0. The Hall–Kier alpha value is -0.370. The summed E-state index contributed by atoms with van der Waals surface area (Å²) in [6.45, 7) is 6.29. The number of ketones is 1. The van der Waals surface area contributed by atoms with Crippen molar-refractivity contribution < 1.29 is 4.79 Å². The summed E-state index contributed by atoms with van der Waals surface area (Å²) in [5.74, 6) is 0.428. The van der Waals surface area contributed by atoms with E-state index in [2.05, 4.69) is 18.7 Å². The third-order valence-corrected chi connectivity index (χ3v) is 2.09. The maximum absolute atomic E-state index is 10.8. The van der Waals surface area contributed by atoms with Gasteiger partial charge in [-0.05, 0) is 13.8 Å². The Morgan fingerprint density at radius 1 is 1.30 bits per heavy atom. The van der Waals surface area contributed by atoms with Crippen molar-refractivity contribution in [2.24, 2.45) is 0 Å². The summed E-state index contributed by atoms with van der Waals surface area (Å²) in [6.07, 6.45) is 1.52. The van der Waals surface area contributed by atoms with E-state index in [1.165, 1.54) is 0 Å². The van der Waals surface area contributed by atoms with Gasteiger partial charge in [-0.15, -0.1) is 0 Å². The largest absolute Gasteiger partial charge is 0.300 e. The van der Waals surface area contributed by atoms with Gasteiger partial charge in [-0.2, -0.15) is 0 Å². The molecule has 2 nitrogen and oxygen atoms in total. The topological polar surface area (TPSA) is 20.3 Å². The fourth-order valence-electron chi connectivity index (χ4n) is 1.29. The Morgan fingerprint density at radius 2 is 1.80 bits per heavy atom. The molecule has 58 valence electrons. The molecule has 0 N–H and O–H groups in total. The molecular formula is C8H15NO. The lowest BCUT2D eigenvalue weighted by Gasteiger charge is -2.29. The molecule has 1 rings (SSSR count). The molecule has 1 fully saturated rings. The van der Waals surface area contributed by atoms with E-state index in [4.69, 9.17) is 0 Å². The van der Waals surface area contributed by atoms with Crippen LogP contribution in [0.25, 0.3) is 0 Å². The molecule has 0 amide bonds. The fourth-order valence-corrected chi connectivity index (χ4v) is 1.29. The van der Waals surface area contributed by atoms with Gasteiger partial charge >= 0.3 is 0 Å². The number of Topliss-reactive ketones (excluding diaryl/α,β-unsaturated/α-hetero) is 1. The number of rotatable bonds is 1. The number of nitrogens with zero attached hydrogens (tertiary/aromatic N) is 1. The minimum absolute atomic E-state index is 0.428. The minimum Gasteiger partial charge on any atom is -0.300 e. The summed E-state index contributed by atoms with van der Waals surface area (Å²) < 4.78 is 0. The van der Waals surface area contributed by atoms with E-state index in [0.29, 0.717) is 11.8 Å². The normalized spacial score (nSPS) is 22.1. The maximum atomic E-state index is 10.8. The molecule has 0 saturated carbocycles. The second-order valence-corrected chi connectivity index (χ2v) is 3.17. The third-order valence-electron chi connectivity index (χ3n) is 2.09. The van der Waals surface area contributed by atoms with E-state index >= 15 is 0 Å². The summed E-state index contributed by atoms with van der Waals surface area (Å²) in [6, 6.07) is 0.605. The zero-order valence-electron chi connectivity index (χ0n) is 6.76. The number of carbonyl (C=O) groups is 1. The quantitative estimate of drug-likeness (QED) is 0.544. The van der Waals surface area contributed by atoms with Crippen LogP contribution in [0.15, 0.2) is 0 Å². The third kappa shape index (κ3) is 1.81. The van der Waals surface area contributed by atoms with Crippen LogP contribution in [0.4, 0.5) is 0 Å². The molecule has 0 aromatic rings. The smallest absolute Gasteiger partial charge is 0.135 e. The van der Waals surface area contributed by atoms with Crippen LogP contribution in [-0.4, -0.2) is 29.8 Å². The van der Waals surface area contributed by atoms with Gasteiger partial charge < -0.3 is 4.90 Å². The van der Waals surface area contributed by atoms with E-state index in [1.807, 2.05) is 0 Å². The Bertz CT molecular complexity index is 121. The Labute approximate surface area is 62.2 Å². The minimum atomic E-state index is 0.428. The van der Waals surface area contributed by atoms with Crippen LogP contribution in [0.2, 0.25) is 0 Å². The fraction of sp³-hybridized carbons (Fsp3) is 0.875. The van der Waals surface area contributed by atoms with E-state index in [0.717, 1.165) is 25.9 Å². The van der Waals surface area contributed by atoms with Crippen LogP contribution in [0.5, 0.6) is 0 Å². The molecule has 0 aromatic heterocycles. The Kier molecular flexibility index (Phi) is 2.44. The van der Waals surface area contributed by atoms with Gasteiger partial charge in [0, 0.05) is 32.0 Å². The van der Waals surface area contributed by atoms with Crippen LogP contribution in [0, 0.1) is 0 Å². The highest BCUT2D eigenvalue weighted by atomic mass is 16.1. The lowest BCUT2D eigenvalue weighted by Crippen LogP contribution is -2.38. The molecular weight excluding hydrogens is 126 g/mol. The van der Waals surface area contributed by atoms with Gasteiger partial charge in [0.05, 0.1) is 0 Å². The van der Waals surface area contributed by atoms with Gasteiger partial charge in [0.2, 0.25) is 0 Å². The van der Waals surface area contributed by atoms with Crippen molar-refractivity contribution in [3.63, 3.8) is 0 Å². The van der Waals surface area contributed by atoms with Crippen molar-refractivity contribution in [2.45, 2.75) is 32.7 Å². The zero-order valence-corrected chi connectivity index (χ0v) is 6.76. The molecule has 1 aliphatic rings. The highest BCUT2D eigenvalue weighted by Crippen LogP contribution is 2.08. The molecule has 0 unspecified atom stereocenters. The van der Waals surface area contributed by atoms with Crippen molar-refractivity contribution in [3.8, 4) is 0 Å². The molecule has 2 heteroatoms. The first kappa shape index (κ1) is 7.73. The van der Waals surface area contributed by atoms with Crippen LogP contribution in [0.3, 0.4) is 0 Å². The van der Waals surface area contributed by atoms with Crippen LogP contribution < -0.4 is 0 Å². The number of likely N-dealkylation sites (tertiary alicyclic amines) is 1. The van der Waals surface area contributed by atoms with Crippen LogP contribution in [0.1, 0.15) is 26.7 Å². The van der Waals surface area contributed by atoms with Crippen molar-refractivity contribution in [3.05, 3.63) is 0 Å². The van der Waals surface area contributed by atoms with Crippen LogP contribution in [-0.2, 0) is 4.79 Å². The number of piperidine rings is 1. The summed E-state index contributed by atoms with van der Waals surface area (Å²) in [4.78, 5) is 13.2. The standard InChI is InChI=1S/C8H15NO/c1-7(2)9-5-3-8(10)4-6-9/h7H,3-6H2,1-2H3. The molecule has 0 spiro atoms. The molecule has 1 heterocycles.